The number of nitrogens with zero attached hydrogens (tertiary/aromatic N) is 1. The van der Waals surface area contributed by atoms with Crippen LogP contribution in [0, 0.1) is 0 Å². The second-order valence-corrected chi connectivity index (χ2v) is 5.61. The van der Waals surface area contributed by atoms with Gasteiger partial charge in [-0.25, -0.2) is 0 Å². The summed E-state index contributed by atoms with van der Waals surface area (Å²) in [5.74, 6) is 0.0828. The molecule has 2 N–H and O–H groups in total. The molecule has 0 saturated heterocycles. The minimum absolute atomic E-state index is 0.0828. The lowest BCUT2D eigenvalue weighted by Gasteiger charge is -2.15. The highest BCUT2D eigenvalue weighted by Crippen LogP contribution is 2.34. The monoisotopic (exact) mass is 267 g/mol. The maximum atomic E-state index is 11.0. The topological polar surface area (TPSA) is 77.8 Å². The quantitative estimate of drug-likeness (QED) is 0.812. The molecule has 2 aromatic rings. The molecule has 2 rings (SSSR count). The number of fused-ring (bicyclic) bond motifs is 1. The highest BCUT2D eigenvalue weighted by molar-refractivity contribution is 7.85. The van der Waals surface area contributed by atoms with E-state index in [1.807, 2.05) is 0 Å². The normalized spacial score (nSPS) is 11.7. The summed E-state index contributed by atoms with van der Waals surface area (Å²) in [6.07, 6.45) is 0. The molecule has 96 valence electrons. The van der Waals surface area contributed by atoms with Gasteiger partial charge in [-0.15, -0.1) is 0 Å². The number of hydrogen-bond acceptors (Lipinski definition) is 4. The second-order valence-electron chi connectivity index (χ2n) is 4.19. The third-order valence-electron chi connectivity index (χ3n) is 2.72. The Hall–Kier alpha value is -1.79. The first kappa shape index (κ1) is 12.7. The smallest absolute Gasteiger partial charge is 0.294 e. The average molecular weight is 267 g/mol. The van der Waals surface area contributed by atoms with Crippen LogP contribution >= 0.6 is 0 Å². The summed E-state index contributed by atoms with van der Waals surface area (Å²) in [4.78, 5) is 1.57. The van der Waals surface area contributed by atoms with E-state index in [4.69, 9.17) is 4.55 Å². The Labute approximate surface area is 105 Å². The van der Waals surface area contributed by atoms with Gasteiger partial charge in [-0.2, -0.15) is 8.42 Å². The van der Waals surface area contributed by atoms with Crippen LogP contribution in [0.4, 0.5) is 5.69 Å². The molecule has 0 aliphatic carbocycles. The third kappa shape index (κ3) is 2.12. The maximum absolute atomic E-state index is 11.0. The van der Waals surface area contributed by atoms with Crippen molar-refractivity contribution < 1.29 is 18.1 Å². The average Bonchev–Trinajstić information content (AvgIpc) is 2.27. The van der Waals surface area contributed by atoms with E-state index in [2.05, 4.69) is 0 Å². The molecule has 0 spiro atoms. The van der Waals surface area contributed by atoms with Crippen LogP contribution in [0.3, 0.4) is 0 Å². The van der Waals surface area contributed by atoms with Gasteiger partial charge in [0.1, 0.15) is 5.75 Å². The Bertz CT molecular complexity index is 707. The van der Waals surface area contributed by atoms with Gasteiger partial charge in [0.05, 0.1) is 10.6 Å². The van der Waals surface area contributed by atoms with Crippen molar-refractivity contribution in [2.45, 2.75) is 4.90 Å². The van der Waals surface area contributed by atoms with Gasteiger partial charge in [-0.05, 0) is 29.7 Å². The van der Waals surface area contributed by atoms with E-state index in [9.17, 15) is 13.5 Å². The molecule has 0 unspecified atom stereocenters. The van der Waals surface area contributed by atoms with Crippen LogP contribution in [-0.2, 0) is 10.1 Å². The third-order valence-corrected chi connectivity index (χ3v) is 3.57. The van der Waals surface area contributed by atoms with E-state index < -0.39 is 10.1 Å². The minimum atomic E-state index is -4.23. The summed E-state index contributed by atoms with van der Waals surface area (Å²) >= 11 is 0. The summed E-state index contributed by atoms with van der Waals surface area (Å²) in [5.41, 5.74) is 0.641. The number of phenolic OH excluding ortho intramolecular Hbond substituents is 1. The molecule has 6 heteroatoms. The Kier molecular flexibility index (Phi) is 2.92. The summed E-state index contributed by atoms with van der Waals surface area (Å²) in [5, 5.41) is 11.1. The van der Waals surface area contributed by atoms with Gasteiger partial charge in [-0.3, -0.25) is 4.55 Å². The first-order chi connectivity index (χ1) is 8.30. The molecular formula is C12H13NO4S. The zero-order chi connectivity index (χ0) is 13.5. The van der Waals surface area contributed by atoms with E-state index in [1.165, 1.54) is 18.2 Å². The molecular weight excluding hydrogens is 254 g/mol. The lowest BCUT2D eigenvalue weighted by atomic mass is 10.1. The Morgan fingerprint density at radius 3 is 2.33 bits per heavy atom. The van der Waals surface area contributed by atoms with E-state index in [1.54, 1.807) is 31.1 Å². The molecule has 5 nitrogen and oxygen atoms in total. The highest BCUT2D eigenvalue weighted by Gasteiger charge is 2.13. The molecule has 18 heavy (non-hydrogen) atoms. The molecule has 0 aliphatic heterocycles. The van der Waals surface area contributed by atoms with Crippen LogP contribution < -0.4 is 4.90 Å². The zero-order valence-electron chi connectivity index (χ0n) is 9.95. The van der Waals surface area contributed by atoms with Crippen LogP contribution in [0.2, 0.25) is 0 Å². The molecule has 0 saturated carbocycles. The molecule has 0 fully saturated rings. The van der Waals surface area contributed by atoms with Crippen molar-refractivity contribution in [2.24, 2.45) is 0 Å². The Morgan fingerprint density at radius 2 is 1.78 bits per heavy atom. The Balaban J connectivity index is 2.73. The van der Waals surface area contributed by atoms with Crippen molar-refractivity contribution in [1.29, 1.82) is 0 Å². The van der Waals surface area contributed by atoms with Crippen molar-refractivity contribution >= 4 is 26.6 Å². The predicted octanol–water partition coefficient (Wildman–Crippen LogP) is 1.86. The van der Waals surface area contributed by atoms with Crippen molar-refractivity contribution in [3.8, 4) is 5.75 Å². The predicted molar refractivity (Wildman–Crippen MR) is 69.8 cm³/mol. The lowest BCUT2D eigenvalue weighted by molar-refractivity contribution is 0.480. The van der Waals surface area contributed by atoms with Crippen molar-refractivity contribution in [3.05, 3.63) is 30.3 Å². The minimum Gasteiger partial charge on any atom is -0.505 e. The number of anilines is 1. The fraction of sp³-hybridized carbons (Fsp3) is 0.167. The number of aromatic hydroxyl groups is 1. The molecule has 0 heterocycles. The largest absolute Gasteiger partial charge is 0.505 e. The summed E-state index contributed by atoms with van der Waals surface area (Å²) in [6, 6.07) is 7.44. The fourth-order valence-corrected chi connectivity index (χ4v) is 2.32. The van der Waals surface area contributed by atoms with Crippen LogP contribution in [0.1, 0.15) is 0 Å². The molecule has 0 atom stereocenters. The van der Waals surface area contributed by atoms with Crippen LogP contribution in [-0.4, -0.2) is 32.2 Å². The number of phenols is 1. The van der Waals surface area contributed by atoms with Crippen molar-refractivity contribution in [1.82, 2.24) is 0 Å². The van der Waals surface area contributed by atoms with Gasteiger partial charge >= 0.3 is 0 Å². The van der Waals surface area contributed by atoms with Crippen molar-refractivity contribution in [2.75, 3.05) is 19.0 Å². The van der Waals surface area contributed by atoms with Crippen LogP contribution in [0.15, 0.2) is 35.2 Å². The van der Waals surface area contributed by atoms with Gasteiger partial charge in [0.15, 0.2) is 0 Å². The van der Waals surface area contributed by atoms with E-state index >= 15 is 0 Å². The van der Waals surface area contributed by atoms with E-state index in [-0.39, 0.29) is 10.6 Å². The first-order valence-corrected chi connectivity index (χ1v) is 6.65. The molecule has 2 aromatic carbocycles. The number of hydrogen-bond donors (Lipinski definition) is 2. The highest BCUT2D eigenvalue weighted by atomic mass is 32.2. The summed E-state index contributed by atoms with van der Waals surface area (Å²) in [7, 11) is -0.628. The van der Waals surface area contributed by atoms with Gasteiger partial charge in [0.25, 0.3) is 10.1 Å². The van der Waals surface area contributed by atoms with Crippen molar-refractivity contribution in [3.63, 3.8) is 0 Å². The lowest BCUT2D eigenvalue weighted by Crippen LogP contribution is -2.08. The first-order valence-electron chi connectivity index (χ1n) is 5.21. The molecule has 0 aliphatic rings. The van der Waals surface area contributed by atoms with E-state index in [0.29, 0.717) is 16.5 Å². The molecule has 0 aromatic heterocycles. The van der Waals surface area contributed by atoms with E-state index in [0.717, 1.165) is 0 Å². The number of benzene rings is 2. The summed E-state index contributed by atoms with van der Waals surface area (Å²) in [6.45, 7) is 0. The molecule has 0 radical (unpaired) electrons. The molecule has 0 amide bonds. The number of rotatable bonds is 2. The summed E-state index contributed by atoms with van der Waals surface area (Å²) < 4.78 is 31.0. The van der Waals surface area contributed by atoms with Crippen LogP contribution in [0.5, 0.6) is 5.75 Å². The zero-order valence-corrected chi connectivity index (χ0v) is 10.8. The van der Waals surface area contributed by atoms with Gasteiger partial charge < -0.3 is 10.0 Å². The van der Waals surface area contributed by atoms with Gasteiger partial charge in [-0.1, -0.05) is 6.07 Å². The van der Waals surface area contributed by atoms with Gasteiger partial charge in [0.2, 0.25) is 0 Å². The van der Waals surface area contributed by atoms with Gasteiger partial charge in [0, 0.05) is 19.5 Å². The second kappa shape index (κ2) is 4.15. The molecule has 0 bridgehead atoms. The standard InChI is InChI=1S/C12H13NO4S/c1-13(2)11-6-3-8-7-9(18(15,16)17)4-5-10(8)12(11)14/h3-7,14H,1-2H3,(H,15,16,17). The Morgan fingerprint density at radius 1 is 1.11 bits per heavy atom. The van der Waals surface area contributed by atoms with Crippen LogP contribution in [0.25, 0.3) is 10.8 Å². The SMILES string of the molecule is CN(C)c1ccc2cc(S(=O)(=O)O)ccc2c1O. The fourth-order valence-electron chi connectivity index (χ4n) is 1.80. The maximum Gasteiger partial charge on any atom is 0.294 e.